The molecule has 0 saturated heterocycles. The maximum atomic E-state index is 11.5. The molecule has 136 valence electrons. The fourth-order valence-electron chi connectivity index (χ4n) is 1.68. The van der Waals surface area contributed by atoms with Crippen LogP contribution in [0.4, 0.5) is 4.79 Å². The summed E-state index contributed by atoms with van der Waals surface area (Å²) < 4.78 is 5.17. The van der Waals surface area contributed by atoms with E-state index in [0.29, 0.717) is 13.1 Å². The number of hydrogen-bond donors (Lipinski definition) is 2. The molecule has 0 atom stereocenters. The zero-order valence-electron chi connectivity index (χ0n) is 15.1. The lowest BCUT2D eigenvalue weighted by molar-refractivity contribution is 0.0529. The van der Waals surface area contributed by atoms with Crippen molar-refractivity contribution in [3.8, 4) is 0 Å². The Kier molecular flexibility index (Phi) is 14.2. The molecule has 0 aromatic heterocycles. The fraction of sp³-hybridized carbons (Fsp3) is 0.750. The molecule has 2 N–H and O–H groups in total. The molecule has 0 aliphatic rings. The first-order valence-corrected chi connectivity index (χ1v) is 7.87. The highest BCUT2D eigenvalue weighted by atomic mass is 127. The van der Waals surface area contributed by atoms with E-state index in [-0.39, 0.29) is 24.0 Å². The molecular weight excluding hydrogens is 407 g/mol. The van der Waals surface area contributed by atoms with E-state index < -0.39 is 11.7 Å². The number of carbonyl (C=O) groups excluding carboxylic acids is 1. The highest BCUT2D eigenvalue weighted by molar-refractivity contribution is 14.0. The molecule has 0 heterocycles. The van der Waals surface area contributed by atoms with Crippen molar-refractivity contribution in [1.29, 1.82) is 0 Å². The Bertz CT molecular complexity index is 368. The summed E-state index contributed by atoms with van der Waals surface area (Å²) in [5.41, 5.74) is -0.479. The third-order valence-electron chi connectivity index (χ3n) is 2.64. The normalized spacial score (nSPS) is 11.3. The lowest BCUT2D eigenvalue weighted by atomic mass is 10.2. The summed E-state index contributed by atoms with van der Waals surface area (Å²) in [7, 11) is 2.01. The van der Waals surface area contributed by atoms with Gasteiger partial charge >= 0.3 is 6.09 Å². The van der Waals surface area contributed by atoms with Crippen molar-refractivity contribution in [3.63, 3.8) is 0 Å². The number of allylic oxidation sites excluding steroid dienone is 1. The number of alkyl carbamates (subject to hydrolysis) is 1. The van der Waals surface area contributed by atoms with Gasteiger partial charge < -0.3 is 20.3 Å². The highest BCUT2D eigenvalue weighted by Crippen LogP contribution is 2.06. The van der Waals surface area contributed by atoms with Crippen molar-refractivity contribution in [3.05, 3.63) is 12.7 Å². The fourth-order valence-corrected chi connectivity index (χ4v) is 1.68. The number of aliphatic imine (C=N–C) groups is 1. The van der Waals surface area contributed by atoms with E-state index in [1.165, 1.54) is 0 Å². The Hall–Kier alpha value is -0.990. The average molecular weight is 440 g/mol. The topological polar surface area (TPSA) is 66.0 Å². The van der Waals surface area contributed by atoms with Crippen molar-refractivity contribution >= 4 is 36.0 Å². The van der Waals surface area contributed by atoms with E-state index in [2.05, 4.69) is 27.1 Å². The maximum absolute atomic E-state index is 11.5. The second-order valence-electron chi connectivity index (χ2n) is 6.02. The Labute approximate surface area is 158 Å². The smallest absolute Gasteiger partial charge is 0.407 e. The van der Waals surface area contributed by atoms with E-state index in [9.17, 15) is 4.79 Å². The molecule has 0 aliphatic carbocycles. The van der Waals surface area contributed by atoms with Gasteiger partial charge in [-0.3, -0.25) is 4.99 Å². The number of carbonyl (C=O) groups is 1. The van der Waals surface area contributed by atoms with E-state index in [4.69, 9.17) is 4.74 Å². The number of ether oxygens (including phenoxy) is 1. The van der Waals surface area contributed by atoms with Crippen molar-refractivity contribution < 1.29 is 9.53 Å². The van der Waals surface area contributed by atoms with Gasteiger partial charge in [0.05, 0.1) is 6.54 Å². The molecule has 0 aromatic rings. The van der Waals surface area contributed by atoms with Gasteiger partial charge in [-0.2, -0.15) is 0 Å². The Morgan fingerprint density at radius 2 is 2.00 bits per heavy atom. The van der Waals surface area contributed by atoms with Crippen molar-refractivity contribution in [2.24, 2.45) is 4.99 Å². The predicted molar refractivity (Wildman–Crippen MR) is 108 cm³/mol. The molecule has 0 rings (SSSR count). The van der Waals surface area contributed by atoms with Crippen LogP contribution in [0, 0.1) is 0 Å². The molecule has 0 aromatic carbocycles. The van der Waals surface area contributed by atoms with Crippen LogP contribution in [0.25, 0.3) is 0 Å². The van der Waals surface area contributed by atoms with Gasteiger partial charge in [-0.1, -0.05) is 6.08 Å². The summed E-state index contributed by atoms with van der Waals surface area (Å²) >= 11 is 0. The van der Waals surface area contributed by atoms with Gasteiger partial charge in [-0.05, 0) is 40.5 Å². The number of halogens is 1. The predicted octanol–water partition coefficient (Wildman–Crippen LogP) is 2.99. The summed E-state index contributed by atoms with van der Waals surface area (Å²) in [5, 5.41) is 5.94. The van der Waals surface area contributed by atoms with E-state index in [0.717, 1.165) is 31.9 Å². The molecule has 0 fully saturated rings. The van der Waals surface area contributed by atoms with E-state index in [1.54, 1.807) is 0 Å². The van der Waals surface area contributed by atoms with Gasteiger partial charge in [0, 0.05) is 26.7 Å². The van der Waals surface area contributed by atoms with Crippen molar-refractivity contribution in [1.82, 2.24) is 15.5 Å². The van der Waals surface area contributed by atoms with Crippen molar-refractivity contribution in [2.75, 3.05) is 33.2 Å². The minimum Gasteiger partial charge on any atom is -0.444 e. The molecule has 23 heavy (non-hydrogen) atoms. The average Bonchev–Trinajstić information content (AvgIpc) is 2.40. The number of nitrogens with zero attached hydrogens (tertiary/aromatic N) is 2. The Balaban J connectivity index is 0. The molecule has 0 spiro atoms. The third-order valence-corrected chi connectivity index (χ3v) is 2.64. The van der Waals surface area contributed by atoms with Gasteiger partial charge in [0.1, 0.15) is 5.60 Å². The first-order chi connectivity index (χ1) is 10.3. The molecule has 7 heteroatoms. The number of nitrogens with one attached hydrogen (secondary N) is 2. The zero-order chi connectivity index (χ0) is 17.0. The molecule has 1 amide bonds. The number of unbranched alkanes of at least 4 members (excludes halogenated alkanes) is 1. The first-order valence-electron chi connectivity index (χ1n) is 7.87. The van der Waals surface area contributed by atoms with Gasteiger partial charge in [0.15, 0.2) is 5.96 Å². The van der Waals surface area contributed by atoms with Gasteiger partial charge in [0.25, 0.3) is 0 Å². The van der Waals surface area contributed by atoms with E-state index in [1.807, 2.05) is 40.8 Å². The van der Waals surface area contributed by atoms with Crippen LogP contribution in [0.3, 0.4) is 0 Å². The summed E-state index contributed by atoms with van der Waals surface area (Å²) in [6.45, 7) is 14.0. The SMILES string of the molecule is C=CCCCN(C)C(=NCCNC(=O)OC(C)(C)C)NCC.I. The van der Waals surface area contributed by atoms with Crippen molar-refractivity contribution in [2.45, 2.75) is 46.1 Å². The summed E-state index contributed by atoms with van der Waals surface area (Å²) in [5.74, 6) is 0.845. The van der Waals surface area contributed by atoms with Crippen LogP contribution in [0.5, 0.6) is 0 Å². The van der Waals surface area contributed by atoms with E-state index >= 15 is 0 Å². The van der Waals surface area contributed by atoms with Crippen LogP contribution in [-0.4, -0.2) is 55.8 Å². The van der Waals surface area contributed by atoms with Gasteiger partial charge in [0.2, 0.25) is 0 Å². The summed E-state index contributed by atoms with van der Waals surface area (Å²) in [6.07, 6.45) is 3.54. The maximum Gasteiger partial charge on any atom is 0.407 e. The molecule has 0 aliphatic heterocycles. The molecular formula is C16H33IN4O2. The molecule has 6 nitrogen and oxygen atoms in total. The first kappa shape index (κ1) is 24.3. The molecule has 0 unspecified atom stereocenters. The van der Waals surface area contributed by atoms with Crippen LogP contribution < -0.4 is 10.6 Å². The quantitative estimate of drug-likeness (QED) is 0.200. The second-order valence-corrected chi connectivity index (χ2v) is 6.02. The minimum atomic E-state index is -0.479. The van der Waals surface area contributed by atoms with Gasteiger partial charge in [-0.25, -0.2) is 4.79 Å². The highest BCUT2D eigenvalue weighted by Gasteiger charge is 2.15. The molecule has 0 radical (unpaired) electrons. The lowest BCUT2D eigenvalue weighted by Gasteiger charge is -2.22. The number of hydrogen-bond acceptors (Lipinski definition) is 3. The van der Waals surface area contributed by atoms with Crippen LogP contribution in [0.1, 0.15) is 40.5 Å². The lowest BCUT2D eigenvalue weighted by Crippen LogP contribution is -2.40. The van der Waals surface area contributed by atoms with Crippen LogP contribution in [-0.2, 0) is 4.74 Å². The van der Waals surface area contributed by atoms with Crippen LogP contribution in [0.15, 0.2) is 17.6 Å². The Morgan fingerprint density at radius 1 is 1.35 bits per heavy atom. The van der Waals surface area contributed by atoms with Crippen LogP contribution in [0.2, 0.25) is 0 Å². The van der Waals surface area contributed by atoms with Crippen LogP contribution >= 0.6 is 24.0 Å². The second kappa shape index (κ2) is 13.4. The third kappa shape index (κ3) is 14.3. The van der Waals surface area contributed by atoms with Gasteiger partial charge in [-0.15, -0.1) is 30.6 Å². The summed E-state index contributed by atoms with van der Waals surface area (Å²) in [6, 6.07) is 0. The summed E-state index contributed by atoms with van der Waals surface area (Å²) in [4.78, 5) is 18.1. The molecule has 0 bridgehead atoms. The molecule has 0 saturated carbocycles. The Morgan fingerprint density at radius 3 is 2.52 bits per heavy atom. The number of guanidine groups is 1. The number of rotatable bonds is 8. The number of amides is 1. The zero-order valence-corrected chi connectivity index (χ0v) is 17.5. The standard InChI is InChI=1S/C16H32N4O2.HI/c1-7-9-10-13-20(6)14(17-8-2)18-11-12-19-15(21)22-16(3,4)5;/h7H,1,8-13H2,2-6H3,(H,17,18)(H,19,21);1H. The monoisotopic (exact) mass is 440 g/mol. The largest absolute Gasteiger partial charge is 0.444 e. The minimum absolute atomic E-state index is 0.